The highest BCUT2D eigenvalue weighted by Gasteiger charge is 2.22. The first-order valence-corrected chi connectivity index (χ1v) is 7.02. The minimum Gasteiger partial charge on any atom is -0.369 e. The maximum Gasteiger partial charge on any atom is 0.272 e. The number of piperidine rings is 1. The maximum atomic E-state index is 13.9. The number of hydrogen-bond donors (Lipinski definition) is 2. The van der Waals surface area contributed by atoms with E-state index in [1.54, 1.807) is 0 Å². The third-order valence-corrected chi connectivity index (χ3v) is 3.93. The van der Waals surface area contributed by atoms with Crippen molar-refractivity contribution >= 4 is 11.4 Å². The predicted octanol–water partition coefficient (Wildman–Crippen LogP) is 2.04. The van der Waals surface area contributed by atoms with E-state index in [2.05, 4.69) is 0 Å². The van der Waals surface area contributed by atoms with Crippen LogP contribution in [0.5, 0.6) is 0 Å². The quantitative estimate of drug-likeness (QED) is 0.493. The van der Waals surface area contributed by atoms with Crippen molar-refractivity contribution in [1.82, 2.24) is 0 Å². The van der Waals surface area contributed by atoms with Gasteiger partial charge < -0.3 is 15.1 Å². The molecule has 1 aliphatic rings. The van der Waals surface area contributed by atoms with Crippen molar-refractivity contribution in [1.29, 1.82) is 0 Å². The molecular formula is C14H19FN2O4. The summed E-state index contributed by atoms with van der Waals surface area (Å²) >= 11 is 0. The van der Waals surface area contributed by atoms with Crippen LogP contribution in [0.15, 0.2) is 18.2 Å². The smallest absolute Gasteiger partial charge is 0.272 e. The molecule has 6 nitrogen and oxygen atoms in total. The normalized spacial score (nSPS) is 16.5. The zero-order valence-electron chi connectivity index (χ0n) is 11.6. The zero-order chi connectivity index (χ0) is 15.4. The summed E-state index contributed by atoms with van der Waals surface area (Å²) in [6.07, 6.45) is 1.53. The fourth-order valence-electron chi connectivity index (χ4n) is 2.71. The topological polar surface area (TPSA) is 86.8 Å². The van der Waals surface area contributed by atoms with E-state index < -0.39 is 17.0 Å². The van der Waals surface area contributed by atoms with Crippen LogP contribution < -0.4 is 4.90 Å². The standard InChI is InChI=1S/C14H19FN2O4/c15-12-9-11(17(20)21)2-3-13(12)16-7-5-10(6-8-16)1-4-14(18)19/h2-3,9-10,14,18-19H,1,4-8H2. The van der Waals surface area contributed by atoms with Gasteiger partial charge in [0, 0.05) is 19.2 Å². The van der Waals surface area contributed by atoms with Crippen molar-refractivity contribution < 1.29 is 19.5 Å². The lowest BCUT2D eigenvalue weighted by Gasteiger charge is -2.33. The lowest BCUT2D eigenvalue weighted by Crippen LogP contribution is -2.34. The molecule has 2 N–H and O–H groups in total. The lowest BCUT2D eigenvalue weighted by molar-refractivity contribution is -0.385. The molecule has 1 fully saturated rings. The summed E-state index contributed by atoms with van der Waals surface area (Å²) in [5.41, 5.74) is 0.143. The molecule has 116 valence electrons. The molecule has 0 amide bonds. The molecule has 0 bridgehead atoms. The number of halogens is 1. The lowest BCUT2D eigenvalue weighted by atomic mass is 9.92. The molecule has 1 aromatic carbocycles. The Hall–Kier alpha value is -1.73. The van der Waals surface area contributed by atoms with Gasteiger partial charge in [0.25, 0.3) is 5.69 Å². The molecule has 0 aromatic heterocycles. The second-order valence-electron chi connectivity index (χ2n) is 5.38. The number of aliphatic hydroxyl groups excluding tert-OH is 1. The monoisotopic (exact) mass is 298 g/mol. The van der Waals surface area contributed by atoms with E-state index >= 15 is 0 Å². The van der Waals surface area contributed by atoms with Gasteiger partial charge in [-0.2, -0.15) is 0 Å². The van der Waals surface area contributed by atoms with E-state index in [-0.39, 0.29) is 5.69 Å². The van der Waals surface area contributed by atoms with E-state index in [4.69, 9.17) is 10.2 Å². The Morgan fingerprint density at radius 3 is 2.57 bits per heavy atom. The molecule has 0 spiro atoms. The van der Waals surface area contributed by atoms with Crippen molar-refractivity contribution in [3.8, 4) is 0 Å². The summed E-state index contributed by atoms with van der Waals surface area (Å²) in [5, 5.41) is 28.3. The van der Waals surface area contributed by atoms with Crippen LogP contribution in [0.1, 0.15) is 25.7 Å². The molecule has 1 aromatic rings. The highest BCUT2D eigenvalue weighted by atomic mass is 19.1. The predicted molar refractivity (Wildman–Crippen MR) is 75.5 cm³/mol. The van der Waals surface area contributed by atoms with Crippen LogP contribution in [0.2, 0.25) is 0 Å². The number of anilines is 1. The first-order valence-electron chi connectivity index (χ1n) is 7.02. The van der Waals surface area contributed by atoms with Crippen molar-refractivity contribution in [2.75, 3.05) is 18.0 Å². The highest BCUT2D eigenvalue weighted by molar-refractivity contribution is 5.52. The zero-order valence-corrected chi connectivity index (χ0v) is 11.6. The number of nitro benzene ring substituents is 1. The fraction of sp³-hybridized carbons (Fsp3) is 0.571. The van der Waals surface area contributed by atoms with Crippen LogP contribution in [0.25, 0.3) is 0 Å². The number of rotatable bonds is 5. The van der Waals surface area contributed by atoms with E-state index in [9.17, 15) is 14.5 Å². The third kappa shape index (κ3) is 4.12. The van der Waals surface area contributed by atoms with E-state index in [1.807, 2.05) is 4.90 Å². The number of nitrogens with zero attached hydrogens (tertiary/aromatic N) is 2. The van der Waals surface area contributed by atoms with Gasteiger partial charge in [-0.3, -0.25) is 10.1 Å². The Morgan fingerprint density at radius 2 is 2.05 bits per heavy atom. The summed E-state index contributed by atoms with van der Waals surface area (Å²) in [6, 6.07) is 3.71. The van der Waals surface area contributed by atoms with Crippen LogP contribution in [0, 0.1) is 21.8 Å². The SMILES string of the molecule is O=[N+]([O-])c1ccc(N2CCC(CCC(O)O)CC2)c(F)c1. The summed E-state index contributed by atoms with van der Waals surface area (Å²) in [6.45, 7) is 1.34. The first kappa shape index (κ1) is 15.7. The van der Waals surface area contributed by atoms with Crippen molar-refractivity contribution in [3.05, 3.63) is 34.1 Å². The minimum absolute atomic E-state index is 0.247. The largest absolute Gasteiger partial charge is 0.369 e. The molecule has 0 radical (unpaired) electrons. The van der Waals surface area contributed by atoms with Gasteiger partial charge in [0.15, 0.2) is 12.1 Å². The average Bonchev–Trinajstić information content (AvgIpc) is 2.45. The molecular weight excluding hydrogens is 279 g/mol. The molecule has 0 atom stereocenters. The summed E-state index contributed by atoms with van der Waals surface area (Å²) in [7, 11) is 0. The molecule has 21 heavy (non-hydrogen) atoms. The van der Waals surface area contributed by atoms with Crippen LogP contribution in [0.4, 0.5) is 15.8 Å². The first-order chi connectivity index (χ1) is 9.97. The molecule has 0 unspecified atom stereocenters. The number of hydrogen-bond acceptors (Lipinski definition) is 5. The van der Waals surface area contributed by atoms with Crippen molar-refractivity contribution in [2.24, 2.45) is 5.92 Å². The highest BCUT2D eigenvalue weighted by Crippen LogP contribution is 2.29. The van der Waals surface area contributed by atoms with E-state index in [0.29, 0.717) is 31.1 Å². The maximum absolute atomic E-state index is 13.9. The second kappa shape index (κ2) is 6.82. The minimum atomic E-state index is -1.27. The Balaban J connectivity index is 1.94. The van der Waals surface area contributed by atoms with Gasteiger partial charge in [-0.05, 0) is 37.7 Å². The van der Waals surface area contributed by atoms with Crippen LogP contribution in [0.3, 0.4) is 0 Å². The van der Waals surface area contributed by atoms with Gasteiger partial charge in [-0.15, -0.1) is 0 Å². The van der Waals surface area contributed by atoms with Crippen LogP contribution in [-0.4, -0.2) is 34.5 Å². The van der Waals surface area contributed by atoms with Crippen LogP contribution in [-0.2, 0) is 0 Å². The fourth-order valence-corrected chi connectivity index (χ4v) is 2.71. The molecule has 0 aliphatic carbocycles. The van der Waals surface area contributed by atoms with Gasteiger partial charge in [0.1, 0.15) is 0 Å². The third-order valence-electron chi connectivity index (χ3n) is 3.93. The van der Waals surface area contributed by atoms with Gasteiger partial charge in [-0.1, -0.05) is 0 Å². The Bertz CT molecular complexity index is 502. The van der Waals surface area contributed by atoms with Gasteiger partial charge in [-0.25, -0.2) is 4.39 Å². The average molecular weight is 298 g/mol. The Kier molecular flexibility index (Phi) is 5.08. The van der Waals surface area contributed by atoms with Gasteiger partial charge in [0.2, 0.25) is 0 Å². The Morgan fingerprint density at radius 1 is 1.38 bits per heavy atom. The van der Waals surface area contributed by atoms with Gasteiger partial charge in [0.05, 0.1) is 16.7 Å². The molecule has 2 rings (SSSR count). The Labute approximate surface area is 122 Å². The number of nitro groups is 1. The number of non-ortho nitro benzene ring substituents is 1. The molecule has 1 heterocycles. The molecule has 1 aliphatic heterocycles. The van der Waals surface area contributed by atoms with E-state index in [0.717, 1.165) is 25.3 Å². The molecule has 0 saturated carbocycles. The van der Waals surface area contributed by atoms with Crippen molar-refractivity contribution in [3.63, 3.8) is 0 Å². The number of aliphatic hydroxyl groups is 2. The van der Waals surface area contributed by atoms with Gasteiger partial charge >= 0.3 is 0 Å². The summed E-state index contributed by atoms with van der Waals surface area (Å²) in [4.78, 5) is 11.9. The molecule has 1 saturated heterocycles. The number of benzene rings is 1. The van der Waals surface area contributed by atoms with Crippen LogP contribution >= 0.6 is 0 Å². The van der Waals surface area contributed by atoms with E-state index in [1.165, 1.54) is 12.1 Å². The second-order valence-corrected chi connectivity index (χ2v) is 5.38. The van der Waals surface area contributed by atoms with Crippen molar-refractivity contribution in [2.45, 2.75) is 32.0 Å². The molecule has 7 heteroatoms. The summed E-state index contributed by atoms with van der Waals surface area (Å²) in [5.74, 6) is -0.169. The summed E-state index contributed by atoms with van der Waals surface area (Å²) < 4.78 is 13.9.